The Hall–Kier alpha value is -2.98. The number of carbonyl (C=O) groups is 1. The van der Waals surface area contributed by atoms with Crippen molar-refractivity contribution in [2.75, 3.05) is 0 Å². The fourth-order valence-electron chi connectivity index (χ4n) is 3.13. The van der Waals surface area contributed by atoms with Gasteiger partial charge in [-0.15, -0.1) is 0 Å². The monoisotopic (exact) mass is 373 g/mol. The summed E-state index contributed by atoms with van der Waals surface area (Å²) in [6.07, 6.45) is -0.431. The Kier molecular flexibility index (Phi) is 4.99. The lowest BCUT2D eigenvalue weighted by atomic mass is 9.98. The van der Waals surface area contributed by atoms with Crippen molar-refractivity contribution in [3.8, 4) is 0 Å². The zero-order chi connectivity index (χ0) is 18.6. The number of carbonyl (C=O) groups excluding carboxylic acids is 1. The highest BCUT2D eigenvalue weighted by molar-refractivity contribution is 8.03. The fraction of sp³-hybridized carbons (Fsp3) is 0.0870. The molecule has 1 aliphatic heterocycles. The van der Waals surface area contributed by atoms with E-state index >= 15 is 0 Å². The minimum Gasteiger partial charge on any atom is -0.409 e. The number of thioether (sulfide) groups is 1. The Morgan fingerprint density at radius 2 is 1.48 bits per heavy atom. The van der Waals surface area contributed by atoms with Crippen LogP contribution >= 0.6 is 11.8 Å². The largest absolute Gasteiger partial charge is 0.413 e. The molecule has 0 radical (unpaired) electrons. The molecule has 4 rings (SSSR count). The highest BCUT2D eigenvalue weighted by Gasteiger charge is 2.32. The molecule has 0 spiro atoms. The molecule has 0 bridgehead atoms. The van der Waals surface area contributed by atoms with Crippen molar-refractivity contribution in [3.63, 3.8) is 0 Å². The van der Waals surface area contributed by atoms with Crippen LogP contribution in [0.25, 0.3) is 5.76 Å². The molecule has 4 heteroatoms. The van der Waals surface area contributed by atoms with Gasteiger partial charge in [0.05, 0.1) is 10.9 Å². The number of amides is 1. The summed E-state index contributed by atoms with van der Waals surface area (Å²) in [5.41, 5.74) is 3.09. The molecule has 0 saturated carbocycles. The number of benzene rings is 3. The summed E-state index contributed by atoms with van der Waals surface area (Å²) >= 11 is 1.62. The Morgan fingerprint density at radius 1 is 0.852 bits per heavy atom. The predicted molar refractivity (Wildman–Crippen MR) is 109 cm³/mol. The van der Waals surface area contributed by atoms with Crippen LogP contribution in [0.4, 0.5) is 4.79 Å². The van der Waals surface area contributed by atoms with Crippen molar-refractivity contribution in [2.24, 2.45) is 0 Å². The van der Waals surface area contributed by atoms with Gasteiger partial charge in [0.1, 0.15) is 0 Å². The van der Waals surface area contributed by atoms with Gasteiger partial charge in [0, 0.05) is 10.5 Å². The number of ether oxygens (including phenoxy) is 1. The molecular weight excluding hydrogens is 354 g/mol. The lowest BCUT2D eigenvalue weighted by molar-refractivity contribution is 0.184. The third kappa shape index (κ3) is 3.76. The van der Waals surface area contributed by atoms with Gasteiger partial charge in [-0.05, 0) is 30.2 Å². The summed E-state index contributed by atoms with van der Waals surface area (Å²) in [5, 5.41) is 3.00. The van der Waals surface area contributed by atoms with E-state index in [1.54, 1.807) is 11.8 Å². The van der Waals surface area contributed by atoms with E-state index in [9.17, 15) is 4.79 Å². The predicted octanol–water partition coefficient (Wildman–Crippen LogP) is 5.94. The van der Waals surface area contributed by atoms with E-state index in [4.69, 9.17) is 4.74 Å². The maximum Gasteiger partial charge on any atom is 0.413 e. The van der Waals surface area contributed by atoms with Crippen molar-refractivity contribution >= 4 is 23.6 Å². The maximum atomic E-state index is 12.4. The van der Waals surface area contributed by atoms with Gasteiger partial charge in [-0.25, -0.2) is 4.79 Å². The van der Waals surface area contributed by atoms with Gasteiger partial charge in [0.15, 0.2) is 5.76 Å². The Balaban J connectivity index is 1.88. The molecule has 1 atom stereocenters. The maximum absolute atomic E-state index is 12.4. The van der Waals surface area contributed by atoms with Crippen LogP contribution in [0.5, 0.6) is 0 Å². The highest BCUT2D eigenvalue weighted by Crippen LogP contribution is 2.44. The van der Waals surface area contributed by atoms with Gasteiger partial charge in [0.2, 0.25) is 0 Å². The van der Waals surface area contributed by atoms with E-state index in [0.717, 1.165) is 26.5 Å². The average molecular weight is 373 g/mol. The normalized spacial score (nSPS) is 16.6. The molecular formula is C23H19NO2S. The molecule has 1 N–H and O–H groups in total. The Bertz CT molecular complexity index is 984. The quantitative estimate of drug-likeness (QED) is 0.615. The van der Waals surface area contributed by atoms with Gasteiger partial charge in [-0.2, -0.15) is 0 Å². The molecule has 1 amide bonds. The number of nitrogens with one attached hydrogen (secondary N) is 1. The summed E-state index contributed by atoms with van der Waals surface area (Å²) in [6, 6.07) is 27.8. The van der Waals surface area contributed by atoms with Crippen LogP contribution in [0, 0.1) is 6.92 Å². The van der Waals surface area contributed by atoms with E-state index in [1.165, 1.54) is 0 Å². The molecule has 0 saturated heterocycles. The minimum absolute atomic E-state index is 0.257. The zero-order valence-electron chi connectivity index (χ0n) is 14.9. The summed E-state index contributed by atoms with van der Waals surface area (Å²) < 4.78 is 5.66. The number of rotatable bonds is 4. The van der Waals surface area contributed by atoms with Crippen LogP contribution in [0.1, 0.15) is 22.7 Å². The molecule has 134 valence electrons. The van der Waals surface area contributed by atoms with E-state index in [1.807, 2.05) is 60.7 Å². The van der Waals surface area contributed by atoms with Crippen molar-refractivity contribution in [3.05, 3.63) is 107 Å². The molecule has 0 fully saturated rings. The zero-order valence-corrected chi connectivity index (χ0v) is 15.7. The van der Waals surface area contributed by atoms with E-state index < -0.39 is 6.09 Å². The second-order valence-electron chi connectivity index (χ2n) is 6.30. The first-order valence-corrected chi connectivity index (χ1v) is 9.60. The summed E-state index contributed by atoms with van der Waals surface area (Å²) in [4.78, 5) is 14.4. The van der Waals surface area contributed by atoms with Crippen LogP contribution < -0.4 is 5.32 Å². The molecule has 1 heterocycles. The van der Waals surface area contributed by atoms with Gasteiger partial charge < -0.3 is 10.1 Å². The number of aryl methyl sites for hydroxylation is 1. The molecule has 0 unspecified atom stereocenters. The van der Waals surface area contributed by atoms with Crippen LogP contribution in [-0.4, -0.2) is 6.09 Å². The summed E-state index contributed by atoms with van der Waals surface area (Å²) in [6.45, 7) is 2.06. The highest BCUT2D eigenvalue weighted by atomic mass is 32.2. The molecule has 1 aliphatic rings. The summed E-state index contributed by atoms with van der Waals surface area (Å²) in [5.74, 6) is 0.612. The van der Waals surface area contributed by atoms with E-state index in [-0.39, 0.29) is 6.04 Å². The average Bonchev–Trinajstić information content (AvgIpc) is 2.71. The van der Waals surface area contributed by atoms with E-state index in [2.05, 4.69) is 36.5 Å². The topological polar surface area (TPSA) is 38.3 Å². The fourth-order valence-corrected chi connectivity index (χ4v) is 4.23. The van der Waals surface area contributed by atoms with Crippen molar-refractivity contribution in [1.29, 1.82) is 0 Å². The Morgan fingerprint density at radius 3 is 2.19 bits per heavy atom. The minimum atomic E-state index is -0.431. The van der Waals surface area contributed by atoms with Gasteiger partial charge in [-0.1, -0.05) is 84.6 Å². The van der Waals surface area contributed by atoms with Crippen molar-refractivity contribution < 1.29 is 9.53 Å². The number of alkyl carbamates (subject to hydrolysis) is 1. The molecule has 3 aromatic rings. The van der Waals surface area contributed by atoms with Crippen molar-refractivity contribution in [2.45, 2.75) is 17.9 Å². The molecule has 27 heavy (non-hydrogen) atoms. The summed E-state index contributed by atoms with van der Waals surface area (Å²) in [7, 11) is 0. The number of cyclic esters (lactones) is 1. The molecule has 3 aromatic carbocycles. The van der Waals surface area contributed by atoms with Gasteiger partial charge >= 0.3 is 6.09 Å². The lowest BCUT2D eigenvalue weighted by Crippen LogP contribution is -2.34. The second-order valence-corrected chi connectivity index (χ2v) is 7.41. The lowest BCUT2D eigenvalue weighted by Gasteiger charge is -2.30. The van der Waals surface area contributed by atoms with Crippen molar-refractivity contribution in [1.82, 2.24) is 5.32 Å². The molecule has 0 aliphatic carbocycles. The number of hydrogen-bond donors (Lipinski definition) is 1. The van der Waals surface area contributed by atoms with Crippen LogP contribution in [0.2, 0.25) is 0 Å². The molecule has 0 aromatic heterocycles. The second kappa shape index (κ2) is 7.72. The van der Waals surface area contributed by atoms with Crippen LogP contribution in [0.15, 0.2) is 94.7 Å². The standard InChI is InChI=1S/C23H19NO2S/c1-16-10-8-9-15-19(16)20-22(27-18-13-6-3-7-14-18)21(26-23(25)24-20)17-11-4-2-5-12-17/h2-15,20H,1H3,(H,24,25)/t20-/m0/s1. The third-order valence-corrected chi connectivity index (χ3v) is 5.60. The smallest absolute Gasteiger partial charge is 0.409 e. The van der Waals surface area contributed by atoms with Gasteiger partial charge in [0.25, 0.3) is 0 Å². The van der Waals surface area contributed by atoms with Crippen LogP contribution in [-0.2, 0) is 4.74 Å². The first kappa shape index (κ1) is 17.4. The van der Waals surface area contributed by atoms with Gasteiger partial charge in [-0.3, -0.25) is 0 Å². The first-order chi connectivity index (χ1) is 13.2. The Labute approximate surface area is 163 Å². The first-order valence-electron chi connectivity index (χ1n) is 8.79. The molecule has 3 nitrogen and oxygen atoms in total. The number of hydrogen-bond acceptors (Lipinski definition) is 3. The van der Waals surface area contributed by atoms with Crippen LogP contribution in [0.3, 0.4) is 0 Å². The van der Waals surface area contributed by atoms with E-state index in [0.29, 0.717) is 5.76 Å². The SMILES string of the molecule is Cc1ccccc1[C@@H]1NC(=O)OC(c2ccccc2)=C1Sc1ccccc1. The third-order valence-electron chi connectivity index (χ3n) is 4.45.